The summed E-state index contributed by atoms with van der Waals surface area (Å²) in [5.74, 6) is 11.7. The molecule has 0 aliphatic heterocycles. The van der Waals surface area contributed by atoms with Crippen LogP contribution in [0.4, 0.5) is 0 Å². The maximum Gasteiger partial charge on any atom is 0.0627 e. The molecule has 0 saturated heterocycles. The highest BCUT2D eigenvalue weighted by atomic mass is 14.7. The minimum Gasteiger partial charge on any atom is -0.256 e. The quantitative estimate of drug-likeness (QED) is 0.763. The number of pyridine rings is 2. The van der Waals surface area contributed by atoms with Gasteiger partial charge >= 0.3 is 0 Å². The van der Waals surface area contributed by atoms with Crippen molar-refractivity contribution >= 4 is 12.2 Å². The van der Waals surface area contributed by atoms with Crippen LogP contribution in [0.25, 0.3) is 12.2 Å². The molecule has 0 amide bonds. The summed E-state index contributed by atoms with van der Waals surface area (Å²) in [6, 6.07) is 7.81. The van der Waals surface area contributed by atoms with Crippen LogP contribution in [-0.4, -0.2) is 9.97 Å². The van der Waals surface area contributed by atoms with E-state index in [1.165, 1.54) is 0 Å². The van der Waals surface area contributed by atoms with Crippen LogP contribution in [0, 0.1) is 23.7 Å². The summed E-state index contributed by atoms with van der Waals surface area (Å²) in [4.78, 5) is 8.67. The Hall–Kier alpha value is -3.10. The largest absolute Gasteiger partial charge is 0.256 e. The molecule has 0 unspecified atom stereocenters. The van der Waals surface area contributed by atoms with Crippen molar-refractivity contribution in [3.63, 3.8) is 0 Å². The van der Waals surface area contributed by atoms with Gasteiger partial charge in [-0.1, -0.05) is 37.8 Å². The van der Waals surface area contributed by atoms with Crippen molar-refractivity contribution in [2.75, 3.05) is 0 Å². The zero-order chi connectivity index (χ0) is 17.0. The first-order chi connectivity index (χ1) is 11.8. The monoisotopic (exact) mass is 312 g/mol. The van der Waals surface area contributed by atoms with Crippen molar-refractivity contribution in [1.29, 1.82) is 0 Å². The minimum atomic E-state index is 0.858. The molecule has 0 aliphatic rings. The molecule has 0 fully saturated rings. The summed E-state index contributed by atoms with van der Waals surface area (Å²) in [5.41, 5.74) is 3.60. The van der Waals surface area contributed by atoms with Crippen molar-refractivity contribution in [2.24, 2.45) is 0 Å². The first-order valence-corrected chi connectivity index (χ1v) is 8.09. The van der Waals surface area contributed by atoms with E-state index in [0.29, 0.717) is 0 Å². The molecule has 0 radical (unpaired) electrons. The van der Waals surface area contributed by atoms with Crippen LogP contribution >= 0.6 is 0 Å². The Bertz CT molecular complexity index is 745. The molecule has 2 nitrogen and oxygen atoms in total. The molecule has 2 heterocycles. The number of hydrogen-bond donors (Lipinski definition) is 0. The van der Waals surface area contributed by atoms with Crippen LogP contribution in [-0.2, 0) is 0 Å². The number of allylic oxidation sites excluding steroid dienone is 2. The summed E-state index contributed by atoms with van der Waals surface area (Å²) >= 11 is 0. The highest BCUT2D eigenvalue weighted by molar-refractivity contribution is 5.49. The maximum absolute atomic E-state index is 4.33. The third-order valence-electron chi connectivity index (χ3n) is 3.10. The Morgan fingerprint density at radius 3 is 1.54 bits per heavy atom. The van der Waals surface area contributed by atoms with E-state index in [0.717, 1.165) is 35.4 Å². The van der Waals surface area contributed by atoms with Crippen LogP contribution in [0.15, 0.2) is 48.8 Å². The van der Waals surface area contributed by atoms with Gasteiger partial charge in [-0.25, -0.2) is 0 Å². The fourth-order valence-electron chi connectivity index (χ4n) is 1.84. The van der Waals surface area contributed by atoms with Gasteiger partial charge < -0.3 is 0 Å². The Kier molecular flexibility index (Phi) is 7.06. The van der Waals surface area contributed by atoms with Crippen molar-refractivity contribution in [2.45, 2.75) is 26.7 Å². The van der Waals surface area contributed by atoms with Gasteiger partial charge in [-0.3, -0.25) is 9.97 Å². The van der Waals surface area contributed by atoms with Gasteiger partial charge in [0.1, 0.15) is 0 Å². The average molecular weight is 312 g/mol. The Balaban J connectivity index is 1.99. The first kappa shape index (κ1) is 17.3. The lowest BCUT2D eigenvalue weighted by Crippen LogP contribution is -1.82. The summed E-state index contributed by atoms with van der Waals surface area (Å²) in [7, 11) is 0. The summed E-state index contributed by atoms with van der Waals surface area (Å²) < 4.78 is 0. The molecule has 24 heavy (non-hydrogen) atoms. The van der Waals surface area contributed by atoms with E-state index in [1.807, 2.05) is 36.4 Å². The number of aromatic nitrogens is 2. The van der Waals surface area contributed by atoms with Crippen molar-refractivity contribution in [3.8, 4) is 23.7 Å². The fraction of sp³-hybridized carbons (Fsp3) is 0.182. The van der Waals surface area contributed by atoms with E-state index in [1.54, 1.807) is 12.4 Å². The molecular formula is C22H20N2. The topological polar surface area (TPSA) is 25.8 Å². The van der Waals surface area contributed by atoms with Gasteiger partial charge in [-0.05, 0) is 61.1 Å². The van der Waals surface area contributed by atoms with Gasteiger partial charge in [-0.15, -0.1) is 0 Å². The molecule has 0 saturated carbocycles. The summed E-state index contributed by atoms with van der Waals surface area (Å²) in [6.07, 6.45) is 13.7. The number of rotatable bonds is 4. The van der Waals surface area contributed by atoms with Gasteiger partial charge in [0.05, 0.1) is 11.4 Å². The van der Waals surface area contributed by atoms with Gasteiger partial charge in [0.2, 0.25) is 0 Å². The molecule has 0 N–H and O–H groups in total. The van der Waals surface area contributed by atoms with E-state index in [2.05, 4.69) is 59.6 Å². The van der Waals surface area contributed by atoms with Crippen LogP contribution in [0.2, 0.25) is 0 Å². The minimum absolute atomic E-state index is 0.858. The standard InChI is InChI=1S/C22H20N2/c1-3-5-11-21-15-13-19(17-23-21)9-7-8-10-20-14-16-22(24-18-20)12-6-4-2/h5-6,11-18H,3-4H2,1-2H3/b11-5+,12-6+. The molecule has 0 aromatic carbocycles. The highest BCUT2D eigenvalue weighted by Crippen LogP contribution is 2.02. The predicted molar refractivity (Wildman–Crippen MR) is 101 cm³/mol. The SMILES string of the molecule is CC/C=C/c1ccc(C#CC#Cc2ccc(/C=C/CC)nc2)cn1. The normalized spacial score (nSPS) is 10.2. The first-order valence-electron chi connectivity index (χ1n) is 8.09. The van der Waals surface area contributed by atoms with Crippen LogP contribution < -0.4 is 0 Å². The van der Waals surface area contributed by atoms with E-state index >= 15 is 0 Å². The van der Waals surface area contributed by atoms with Crippen molar-refractivity contribution in [3.05, 3.63) is 71.3 Å². The fourth-order valence-corrected chi connectivity index (χ4v) is 1.84. The number of hydrogen-bond acceptors (Lipinski definition) is 2. The van der Waals surface area contributed by atoms with E-state index in [4.69, 9.17) is 0 Å². The predicted octanol–water partition coefficient (Wildman–Crippen LogP) is 4.73. The van der Waals surface area contributed by atoms with Gasteiger partial charge in [0.15, 0.2) is 0 Å². The van der Waals surface area contributed by atoms with E-state index in [9.17, 15) is 0 Å². The Morgan fingerprint density at radius 2 is 1.21 bits per heavy atom. The van der Waals surface area contributed by atoms with Crippen LogP contribution in [0.5, 0.6) is 0 Å². The number of nitrogens with zero attached hydrogens (tertiary/aromatic N) is 2. The highest BCUT2D eigenvalue weighted by Gasteiger charge is 1.90. The van der Waals surface area contributed by atoms with E-state index < -0.39 is 0 Å². The summed E-state index contributed by atoms with van der Waals surface area (Å²) in [6.45, 7) is 4.19. The second-order valence-corrected chi connectivity index (χ2v) is 5.06. The van der Waals surface area contributed by atoms with Crippen LogP contribution in [0.1, 0.15) is 49.2 Å². The third kappa shape index (κ3) is 5.95. The molecular weight excluding hydrogens is 292 g/mol. The van der Waals surface area contributed by atoms with Gasteiger partial charge in [-0.2, -0.15) is 0 Å². The molecule has 0 bridgehead atoms. The van der Waals surface area contributed by atoms with Gasteiger partial charge in [0.25, 0.3) is 0 Å². The van der Waals surface area contributed by atoms with Crippen molar-refractivity contribution in [1.82, 2.24) is 9.97 Å². The lowest BCUT2D eigenvalue weighted by atomic mass is 10.2. The smallest absolute Gasteiger partial charge is 0.0627 e. The lowest BCUT2D eigenvalue weighted by molar-refractivity contribution is 1.22. The molecule has 0 atom stereocenters. The third-order valence-corrected chi connectivity index (χ3v) is 3.10. The second-order valence-electron chi connectivity index (χ2n) is 5.06. The molecule has 0 aliphatic carbocycles. The molecule has 2 rings (SSSR count). The lowest BCUT2D eigenvalue weighted by Gasteiger charge is -1.92. The van der Waals surface area contributed by atoms with Crippen LogP contribution in [0.3, 0.4) is 0 Å². The maximum atomic E-state index is 4.33. The Labute approximate surface area is 144 Å². The zero-order valence-electron chi connectivity index (χ0n) is 14.1. The van der Waals surface area contributed by atoms with E-state index in [-0.39, 0.29) is 0 Å². The Morgan fingerprint density at radius 1 is 0.750 bits per heavy atom. The molecule has 2 heteroatoms. The second kappa shape index (κ2) is 9.82. The molecule has 2 aromatic rings. The average Bonchev–Trinajstić information content (AvgIpc) is 2.64. The molecule has 2 aromatic heterocycles. The molecule has 0 spiro atoms. The van der Waals surface area contributed by atoms with Crippen molar-refractivity contribution < 1.29 is 0 Å². The zero-order valence-corrected chi connectivity index (χ0v) is 14.1. The van der Waals surface area contributed by atoms with Gasteiger partial charge in [0, 0.05) is 23.5 Å². The molecule has 118 valence electrons. The summed E-state index contributed by atoms with van der Waals surface area (Å²) in [5, 5.41) is 0.